The van der Waals surface area contributed by atoms with Crippen LogP contribution in [0.15, 0.2) is 24.3 Å². The highest BCUT2D eigenvalue weighted by atomic mass is 31.2. The van der Waals surface area contributed by atoms with Gasteiger partial charge in [-0.25, -0.2) is 0 Å². The quantitative estimate of drug-likeness (QED) is 0.453. The van der Waals surface area contributed by atoms with Gasteiger partial charge in [0.1, 0.15) is 7.60 Å². The molecule has 1 aromatic rings. The van der Waals surface area contributed by atoms with E-state index in [2.05, 4.69) is 0 Å². The van der Waals surface area contributed by atoms with Crippen LogP contribution in [0.4, 0.5) is 5.69 Å². The van der Waals surface area contributed by atoms with Crippen LogP contribution in [0.1, 0.15) is 5.56 Å². The zero-order valence-electron chi connectivity index (χ0n) is 6.99. The second-order valence-corrected chi connectivity index (χ2v) is 4.31. The first-order valence-electron chi connectivity index (χ1n) is 3.65. The van der Waals surface area contributed by atoms with Gasteiger partial charge in [-0.1, -0.05) is 12.1 Å². The van der Waals surface area contributed by atoms with Gasteiger partial charge < -0.3 is 14.4 Å². The molecule has 0 fully saturated rings. The van der Waals surface area contributed by atoms with Crippen LogP contribution in [0.25, 0.3) is 0 Å². The van der Waals surface area contributed by atoms with E-state index < -0.39 is 18.7 Å². The molecule has 14 heavy (non-hydrogen) atoms. The second kappa shape index (κ2) is 3.88. The Morgan fingerprint density at radius 2 is 1.86 bits per heavy atom. The van der Waals surface area contributed by atoms with Crippen LogP contribution < -0.4 is 4.89 Å². The SMILES string of the molecule is O=[N+]([O-])c1ccc(CP(=O)([O-])O)cc1. The maximum Gasteiger partial charge on any atom is 0.269 e. The number of nitro benzene ring substituents is 1. The molecule has 76 valence electrons. The van der Waals surface area contributed by atoms with Crippen LogP contribution in [-0.2, 0) is 10.7 Å². The van der Waals surface area contributed by atoms with Gasteiger partial charge in [0.25, 0.3) is 5.69 Å². The zero-order valence-corrected chi connectivity index (χ0v) is 7.89. The fourth-order valence-electron chi connectivity index (χ4n) is 0.954. The second-order valence-electron chi connectivity index (χ2n) is 2.72. The van der Waals surface area contributed by atoms with E-state index in [1.54, 1.807) is 0 Å². The molecule has 1 aromatic carbocycles. The van der Waals surface area contributed by atoms with Crippen LogP contribution >= 0.6 is 7.60 Å². The van der Waals surface area contributed by atoms with Gasteiger partial charge in [-0.05, 0) is 5.56 Å². The average molecular weight is 216 g/mol. The smallest absolute Gasteiger partial charge is 0.269 e. The molecule has 1 unspecified atom stereocenters. The molecular weight excluding hydrogens is 209 g/mol. The van der Waals surface area contributed by atoms with E-state index in [-0.39, 0.29) is 5.69 Å². The Labute approximate surface area is 79.5 Å². The van der Waals surface area contributed by atoms with E-state index in [1.165, 1.54) is 24.3 Å². The van der Waals surface area contributed by atoms with Crippen molar-refractivity contribution in [2.24, 2.45) is 0 Å². The lowest BCUT2D eigenvalue weighted by Crippen LogP contribution is -2.01. The zero-order chi connectivity index (χ0) is 10.8. The number of nitrogens with zero attached hydrogens (tertiary/aromatic N) is 1. The lowest BCUT2D eigenvalue weighted by Gasteiger charge is -2.14. The Kier molecular flexibility index (Phi) is 3.00. The van der Waals surface area contributed by atoms with Crippen molar-refractivity contribution in [2.45, 2.75) is 6.16 Å². The molecule has 0 aromatic heterocycles. The summed E-state index contributed by atoms with van der Waals surface area (Å²) in [5.41, 5.74) is 0.198. The summed E-state index contributed by atoms with van der Waals surface area (Å²) in [7, 11) is -4.35. The van der Waals surface area contributed by atoms with Crippen LogP contribution in [-0.4, -0.2) is 9.82 Å². The highest BCUT2D eigenvalue weighted by Crippen LogP contribution is 2.34. The Morgan fingerprint density at radius 1 is 1.36 bits per heavy atom. The van der Waals surface area contributed by atoms with E-state index in [1.807, 2.05) is 0 Å². The standard InChI is InChI=1S/C7H8NO5P/c9-8(10)7-3-1-6(2-4-7)5-14(11,12)13/h1-4H,5H2,(H2,11,12,13)/p-1. The summed E-state index contributed by atoms with van der Waals surface area (Å²) in [5.74, 6) is 0. The van der Waals surface area contributed by atoms with Gasteiger partial charge in [0, 0.05) is 18.3 Å². The van der Waals surface area contributed by atoms with E-state index >= 15 is 0 Å². The van der Waals surface area contributed by atoms with Gasteiger partial charge in [0.05, 0.1) is 4.92 Å². The largest absolute Gasteiger partial charge is 0.778 e. The molecule has 0 aliphatic carbocycles. The summed E-state index contributed by atoms with van der Waals surface area (Å²) in [6, 6.07) is 4.95. The average Bonchev–Trinajstić information content (AvgIpc) is 2.02. The van der Waals surface area contributed by atoms with Crippen LogP contribution in [0, 0.1) is 10.1 Å². The van der Waals surface area contributed by atoms with Crippen molar-refractivity contribution in [3.05, 3.63) is 39.9 Å². The van der Waals surface area contributed by atoms with Crippen LogP contribution in [0.2, 0.25) is 0 Å². The lowest BCUT2D eigenvalue weighted by molar-refractivity contribution is -0.384. The van der Waals surface area contributed by atoms with Crippen LogP contribution in [0.3, 0.4) is 0 Å². The monoisotopic (exact) mass is 216 g/mol. The lowest BCUT2D eigenvalue weighted by atomic mass is 10.2. The minimum Gasteiger partial charge on any atom is -0.778 e. The third kappa shape index (κ3) is 3.26. The fraction of sp³-hybridized carbons (Fsp3) is 0.143. The Morgan fingerprint density at radius 3 is 2.21 bits per heavy atom. The molecule has 0 spiro atoms. The summed E-state index contributed by atoms with van der Waals surface area (Å²) >= 11 is 0. The number of hydrogen-bond acceptors (Lipinski definition) is 4. The summed E-state index contributed by atoms with van der Waals surface area (Å²) in [6.07, 6.45) is -0.509. The number of hydrogen-bond donors (Lipinski definition) is 1. The third-order valence-electron chi connectivity index (χ3n) is 1.53. The van der Waals surface area contributed by atoms with Gasteiger partial charge in [-0.2, -0.15) is 0 Å². The van der Waals surface area contributed by atoms with Gasteiger partial charge in [-0.15, -0.1) is 0 Å². The highest BCUT2D eigenvalue weighted by molar-refractivity contribution is 7.49. The molecule has 0 saturated heterocycles. The van der Waals surface area contributed by atoms with Crippen molar-refractivity contribution >= 4 is 13.3 Å². The molecule has 0 bridgehead atoms. The molecule has 0 aliphatic rings. The minimum absolute atomic E-state index is 0.118. The van der Waals surface area contributed by atoms with E-state index in [0.717, 1.165) is 0 Å². The van der Waals surface area contributed by atoms with Gasteiger partial charge >= 0.3 is 0 Å². The van der Waals surface area contributed by atoms with Gasteiger partial charge in [0.2, 0.25) is 0 Å². The van der Waals surface area contributed by atoms with E-state index in [9.17, 15) is 19.6 Å². The number of non-ortho nitro benzene ring substituents is 1. The Bertz CT molecular complexity index is 382. The maximum atomic E-state index is 10.5. The van der Waals surface area contributed by atoms with Gasteiger partial charge in [-0.3, -0.25) is 10.1 Å². The Balaban J connectivity index is 2.84. The summed E-state index contributed by atoms with van der Waals surface area (Å²) < 4.78 is 10.5. The predicted octanol–water partition coefficient (Wildman–Crippen LogP) is 0.640. The van der Waals surface area contributed by atoms with Crippen molar-refractivity contribution in [3.63, 3.8) is 0 Å². The van der Waals surface area contributed by atoms with Crippen molar-refractivity contribution in [1.82, 2.24) is 0 Å². The number of rotatable bonds is 3. The number of benzene rings is 1. The first-order valence-corrected chi connectivity index (χ1v) is 5.41. The predicted molar refractivity (Wildman–Crippen MR) is 46.6 cm³/mol. The maximum absolute atomic E-state index is 10.5. The molecule has 0 amide bonds. The molecule has 7 heteroatoms. The molecule has 1 atom stereocenters. The molecule has 0 aliphatic heterocycles. The normalized spacial score (nSPS) is 14.7. The fourth-order valence-corrected chi connectivity index (χ4v) is 1.63. The van der Waals surface area contributed by atoms with E-state index in [0.29, 0.717) is 5.56 Å². The first-order chi connectivity index (χ1) is 6.38. The number of nitro groups is 1. The summed E-state index contributed by atoms with van der Waals surface area (Å²) in [4.78, 5) is 28.6. The van der Waals surface area contributed by atoms with Crippen molar-refractivity contribution in [1.29, 1.82) is 0 Å². The molecule has 1 N–H and O–H groups in total. The van der Waals surface area contributed by atoms with Crippen molar-refractivity contribution in [3.8, 4) is 0 Å². The molecule has 6 nitrogen and oxygen atoms in total. The van der Waals surface area contributed by atoms with E-state index in [4.69, 9.17) is 4.89 Å². The van der Waals surface area contributed by atoms with Crippen molar-refractivity contribution < 1.29 is 19.3 Å². The molecule has 0 heterocycles. The van der Waals surface area contributed by atoms with Crippen LogP contribution in [0.5, 0.6) is 0 Å². The molecule has 1 rings (SSSR count). The first kappa shape index (κ1) is 10.8. The summed E-state index contributed by atoms with van der Waals surface area (Å²) in [6.45, 7) is 0. The highest BCUT2D eigenvalue weighted by Gasteiger charge is 2.07. The molecular formula is C7H7NO5P-. The topological polar surface area (TPSA) is 104 Å². The molecule has 0 radical (unpaired) electrons. The third-order valence-corrected chi connectivity index (χ3v) is 2.29. The Hall–Kier alpha value is -1.23. The van der Waals surface area contributed by atoms with Gasteiger partial charge in [0.15, 0.2) is 0 Å². The minimum atomic E-state index is -4.35. The summed E-state index contributed by atoms with van der Waals surface area (Å²) in [5, 5.41) is 10.2. The molecule has 0 saturated carbocycles. The van der Waals surface area contributed by atoms with Crippen molar-refractivity contribution in [2.75, 3.05) is 0 Å².